The van der Waals surface area contributed by atoms with Crippen molar-refractivity contribution in [3.63, 3.8) is 0 Å². The molecular formula is C30H31F3O3. The van der Waals surface area contributed by atoms with Gasteiger partial charge in [0.05, 0.1) is 19.8 Å². The van der Waals surface area contributed by atoms with Gasteiger partial charge in [-0.25, -0.2) is 8.78 Å². The van der Waals surface area contributed by atoms with Crippen LogP contribution in [0.25, 0.3) is 22.3 Å². The van der Waals surface area contributed by atoms with Crippen LogP contribution in [0.2, 0.25) is 0 Å². The maximum atomic E-state index is 15.0. The first-order valence-electron chi connectivity index (χ1n) is 12.4. The van der Waals surface area contributed by atoms with Crippen LogP contribution in [0, 0.1) is 17.5 Å². The summed E-state index contributed by atoms with van der Waals surface area (Å²) in [5, 5.41) is 0. The summed E-state index contributed by atoms with van der Waals surface area (Å²) >= 11 is 0. The Kier molecular flexibility index (Phi) is 8.83. The van der Waals surface area contributed by atoms with Crippen molar-refractivity contribution in [2.24, 2.45) is 0 Å². The summed E-state index contributed by atoms with van der Waals surface area (Å²) in [4.78, 5) is 0. The highest BCUT2D eigenvalue weighted by molar-refractivity contribution is 5.71. The molecule has 3 nitrogen and oxygen atoms in total. The molecule has 1 aliphatic rings. The van der Waals surface area contributed by atoms with Crippen molar-refractivity contribution in [3.8, 4) is 28.0 Å². The number of allylic oxidation sites excluding steroid dienone is 1. The molecule has 0 bridgehead atoms. The van der Waals surface area contributed by atoms with Gasteiger partial charge in [-0.2, -0.15) is 4.39 Å². The summed E-state index contributed by atoms with van der Waals surface area (Å²) in [5.41, 5.74) is 2.51. The molecule has 1 fully saturated rings. The van der Waals surface area contributed by atoms with Gasteiger partial charge in [0.15, 0.2) is 17.9 Å². The van der Waals surface area contributed by atoms with Gasteiger partial charge in [0, 0.05) is 23.5 Å². The van der Waals surface area contributed by atoms with Gasteiger partial charge in [-0.05, 0) is 47.7 Å². The largest absolute Gasteiger partial charge is 0.490 e. The second kappa shape index (κ2) is 12.2. The summed E-state index contributed by atoms with van der Waals surface area (Å²) in [5.74, 6) is -2.46. The van der Waals surface area contributed by atoms with Crippen LogP contribution in [0.15, 0.2) is 67.3 Å². The van der Waals surface area contributed by atoms with Crippen molar-refractivity contribution in [3.05, 3.63) is 90.3 Å². The number of halogens is 3. The van der Waals surface area contributed by atoms with Crippen LogP contribution in [0.4, 0.5) is 13.2 Å². The highest BCUT2D eigenvalue weighted by Crippen LogP contribution is 2.33. The zero-order valence-electron chi connectivity index (χ0n) is 20.4. The maximum absolute atomic E-state index is 15.0. The molecule has 1 saturated heterocycles. The second-order valence-corrected chi connectivity index (χ2v) is 8.92. The van der Waals surface area contributed by atoms with Crippen LogP contribution >= 0.6 is 0 Å². The van der Waals surface area contributed by atoms with Gasteiger partial charge < -0.3 is 14.2 Å². The topological polar surface area (TPSA) is 27.7 Å². The smallest absolute Gasteiger partial charge is 0.201 e. The monoisotopic (exact) mass is 496 g/mol. The number of hydrogen-bond acceptors (Lipinski definition) is 3. The number of ether oxygens (including phenoxy) is 3. The summed E-state index contributed by atoms with van der Waals surface area (Å²) in [6, 6.07) is 14.8. The fourth-order valence-corrected chi connectivity index (χ4v) is 4.20. The standard InChI is InChI=1S/C30H31F3O3/c1-3-5-7-28-35-18-23(19-36-28)22-12-13-24(26(31)17-22)20-8-10-21(11-9-20)25-14-15-27(30(33)29(25)32)34-16-6-4-2/h3,8-15,17,23,28H,1,4-7,16,18-19H2,2H3. The molecule has 0 amide bonds. The minimum absolute atomic E-state index is 0.0392. The van der Waals surface area contributed by atoms with Gasteiger partial charge in [-0.15, -0.1) is 6.58 Å². The van der Waals surface area contributed by atoms with Crippen LogP contribution in [0.3, 0.4) is 0 Å². The zero-order valence-corrected chi connectivity index (χ0v) is 20.4. The molecule has 0 radical (unpaired) electrons. The summed E-state index contributed by atoms with van der Waals surface area (Å²) < 4.78 is 61.0. The van der Waals surface area contributed by atoms with Gasteiger partial charge in [0.1, 0.15) is 5.82 Å². The van der Waals surface area contributed by atoms with Crippen molar-refractivity contribution < 1.29 is 27.4 Å². The second-order valence-electron chi connectivity index (χ2n) is 8.92. The molecule has 0 N–H and O–H groups in total. The molecule has 1 heterocycles. The Labute approximate surface area is 210 Å². The maximum Gasteiger partial charge on any atom is 0.201 e. The lowest BCUT2D eigenvalue weighted by atomic mass is 9.95. The van der Waals surface area contributed by atoms with E-state index in [4.69, 9.17) is 14.2 Å². The van der Waals surface area contributed by atoms with Crippen molar-refractivity contribution in [2.75, 3.05) is 19.8 Å². The SMILES string of the molecule is C=CCCC1OCC(c2ccc(-c3ccc(-c4ccc(OCCCC)c(F)c4F)cc3)c(F)c2)CO1. The molecule has 1 aliphatic heterocycles. The van der Waals surface area contributed by atoms with E-state index in [0.717, 1.165) is 31.2 Å². The van der Waals surface area contributed by atoms with E-state index in [1.54, 1.807) is 30.3 Å². The average Bonchev–Trinajstić information content (AvgIpc) is 2.90. The summed E-state index contributed by atoms with van der Waals surface area (Å²) in [6.45, 7) is 6.98. The molecule has 0 unspecified atom stereocenters. The van der Waals surface area contributed by atoms with Crippen molar-refractivity contribution >= 4 is 0 Å². The van der Waals surface area contributed by atoms with E-state index in [9.17, 15) is 8.78 Å². The molecule has 0 atom stereocenters. The zero-order chi connectivity index (χ0) is 25.5. The Morgan fingerprint density at radius 1 is 0.917 bits per heavy atom. The van der Waals surface area contributed by atoms with Gasteiger partial charge in [-0.3, -0.25) is 0 Å². The number of unbranched alkanes of at least 4 members (excludes halogenated alkanes) is 1. The third kappa shape index (κ3) is 6.00. The number of rotatable bonds is 10. The van der Waals surface area contributed by atoms with Crippen LogP contribution in [-0.2, 0) is 9.47 Å². The number of hydrogen-bond donors (Lipinski definition) is 0. The van der Waals surface area contributed by atoms with Gasteiger partial charge >= 0.3 is 0 Å². The third-order valence-electron chi connectivity index (χ3n) is 6.35. The van der Waals surface area contributed by atoms with E-state index in [-0.39, 0.29) is 29.3 Å². The van der Waals surface area contributed by atoms with Crippen LogP contribution in [0.5, 0.6) is 5.75 Å². The molecule has 0 aliphatic carbocycles. The lowest BCUT2D eigenvalue weighted by molar-refractivity contribution is -0.189. The first-order valence-corrected chi connectivity index (χ1v) is 12.4. The normalized spacial score (nSPS) is 17.7. The molecule has 4 rings (SSSR count). The van der Waals surface area contributed by atoms with Gasteiger partial charge in [0.25, 0.3) is 0 Å². The Balaban J connectivity index is 1.46. The molecule has 0 aromatic heterocycles. The lowest BCUT2D eigenvalue weighted by Gasteiger charge is -2.29. The van der Waals surface area contributed by atoms with E-state index in [0.29, 0.717) is 36.5 Å². The molecule has 3 aromatic rings. The lowest BCUT2D eigenvalue weighted by Crippen LogP contribution is -2.30. The van der Waals surface area contributed by atoms with Crippen LogP contribution in [-0.4, -0.2) is 26.1 Å². The molecule has 0 spiro atoms. The highest BCUT2D eigenvalue weighted by Gasteiger charge is 2.24. The Hall–Kier alpha value is -3.09. The van der Waals surface area contributed by atoms with Gasteiger partial charge in [0.2, 0.25) is 5.82 Å². The molecule has 36 heavy (non-hydrogen) atoms. The molecule has 3 aromatic carbocycles. The van der Waals surface area contributed by atoms with E-state index in [2.05, 4.69) is 6.58 Å². The highest BCUT2D eigenvalue weighted by atomic mass is 19.2. The fraction of sp³-hybridized carbons (Fsp3) is 0.333. The Morgan fingerprint density at radius 3 is 2.22 bits per heavy atom. The summed E-state index contributed by atoms with van der Waals surface area (Å²) in [7, 11) is 0. The number of benzene rings is 3. The van der Waals surface area contributed by atoms with E-state index >= 15 is 4.39 Å². The predicted molar refractivity (Wildman–Crippen MR) is 135 cm³/mol. The van der Waals surface area contributed by atoms with Crippen LogP contribution < -0.4 is 4.74 Å². The predicted octanol–water partition coefficient (Wildman–Crippen LogP) is 8.04. The van der Waals surface area contributed by atoms with Gasteiger partial charge in [-0.1, -0.05) is 55.8 Å². The average molecular weight is 497 g/mol. The Morgan fingerprint density at radius 2 is 1.58 bits per heavy atom. The quantitative estimate of drug-likeness (QED) is 0.210. The van der Waals surface area contributed by atoms with Crippen molar-refractivity contribution in [1.29, 1.82) is 0 Å². The molecule has 0 saturated carbocycles. The fourth-order valence-electron chi connectivity index (χ4n) is 4.20. The minimum atomic E-state index is -1.00. The molecule has 6 heteroatoms. The Bertz CT molecular complexity index is 1170. The van der Waals surface area contributed by atoms with E-state index < -0.39 is 11.6 Å². The molecular weight excluding hydrogens is 465 g/mol. The van der Waals surface area contributed by atoms with Crippen molar-refractivity contribution in [2.45, 2.75) is 44.8 Å². The van der Waals surface area contributed by atoms with Crippen molar-refractivity contribution in [1.82, 2.24) is 0 Å². The minimum Gasteiger partial charge on any atom is -0.490 e. The first-order chi connectivity index (χ1) is 17.5. The van der Waals surface area contributed by atoms with E-state index in [1.807, 2.05) is 19.1 Å². The van der Waals surface area contributed by atoms with Crippen LogP contribution in [0.1, 0.15) is 44.1 Å². The first kappa shape index (κ1) is 26.0. The molecule has 190 valence electrons. The summed E-state index contributed by atoms with van der Waals surface area (Å²) in [6.07, 6.45) is 4.82. The third-order valence-corrected chi connectivity index (χ3v) is 6.35. The van der Waals surface area contributed by atoms with E-state index in [1.165, 1.54) is 18.2 Å².